The van der Waals surface area contributed by atoms with Crippen LogP contribution < -0.4 is 5.32 Å². The molecule has 1 saturated heterocycles. The molecule has 3 amide bonds. The van der Waals surface area contributed by atoms with Gasteiger partial charge in [-0.2, -0.15) is 0 Å². The number of hydrogen-bond donors (Lipinski definition) is 1. The number of ether oxygens (including phenoxy) is 1. The Morgan fingerprint density at radius 1 is 1.32 bits per heavy atom. The second-order valence-corrected chi connectivity index (χ2v) is 6.33. The molecule has 1 rings (SSSR count). The monoisotopic (exact) mass is 355 g/mol. The largest absolute Gasteiger partial charge is 0.460 e. The molecule has 11 nitrogen and oxygen atoms in total. The number of hydrogen-bond acceptors (Lipinski definition) is 7. The zero-order chi connectivity index (χ0) is 19.0. The number of esters is 1. The fraction of sp³-hybridized carbons (Fsp3) is 0.714. The Balaban J connectivity index is 2.43. The smallest absolute Gasteiger partial charge is 0.432 e. The average Bonchev–Trinajstić information content (AvgIpc) is 2.80. The maximum Gasteiger partial charge on any atom is 0.432 e. The Hall–Kier alpha value is -2.81. The number of hydroxylamine groups is 2. The van der Waals surface area contributed by atoms with Gasteiger partial charge in [0.2, 0.25) is 0 Å². The van der Waals surface area contributed by atoms with Crippen LogP contribution in [0.4, 0.5) is 4.79 Å². The minimum Gasteiger partial charge on any atom is -0.460 e. The molecule has 138 valence electrons. The topological polar surface area (TPSA) is 151 Å². The molecular weight excluding hydrogens is 334 g/mol. The van der Waals surface area contributed by atoms with E-state index in [2.05, 4.69) is 20.2 Å². The summed E-state index contributed by atoms with van der Waals surface area (Å²) in [6.45, 7) is 5.07. The summed E-state index contributed by atoms with van der Waals surface area (Å²) in [5.74, 6) is -1.66. The normalized spacial score (nSPS) is 15.4. The van der Waals surface area contributed by atoms with Gasteiger partial charge >= 0.3 is 12.1 Å². The molecule has 0 aliphatic carbocycles. The number of nitrogens with one attached hydrogen (secondary N) is 1. The third kappa shape index (κ3) is 7.53. The van der Waals surface area contributed by atoms with Gasteiger partial charge in [0.1, 0.15) is 5.60 Å². The van der Waals surface area contributed by atoms with Crippen LogP contribution >= 0.6 is 0 Å². The van der Waals surface area contributed by atoms with Gasteiger partial charge in [-0.05, 0) is 32.7 Å². The number of azide groups is 1. The summed E-state index contributed by atoms with van der Waals surface area (Å²) in [5, 5.41) is 6.17. The maximum absolute atomic E-state index is 11.7. The first-order valence-electron chi connectivity index (χ1n) is 7.70. The van der Waals surface area contributed by atoms with Crippen LogP contribution in [-0.4, -0.2) is 47.1 Å². The lowest BCUT2D eigenvalue weighted by molar-refractivity contribution is -0.171. The molecule has 0 spiro atoms. The van der Waals surface area contributed by atoms with Crippen molar-refractivity contribution in [2.75, 3.05) is 6.54 Å². The van der Waals surface area contributed by atoms with Crippen LogP contribution in [0.3, 0.4) is 0 Å². The third-order valence-corrected chi connectivity index (χ3v) is 2.98. The molecular formula is C14H21N5O6. The lowest BCUT2D eigenvalue weighted by atomic mass is 10.1. The molecule has 0 bridgehead atoms. The fourth-order valence-corrected chi connectivity index (χ4v) is 1.92. The van der Waals surface area contributed by atoms with Gasteiger partial charge in [0.15, 0.2) is 0 Å². The summed E-state index contributed by atoms with van der Waals surface area (Å²) < 4.78 is 5.14. The summed E-state index contributed by atoms with van der Waals surface area (Å²) in [6.07, 6.45) is -0.895. The summed E-state index contributed by atoms with van der Waals surface area (Å²) in [5.41, 5.74) is 7.93. The molecule has 1 N–H and O–H groups in total. The highest BCUT2D eigenvalue weighted by molar-refractivity contribution is 6.01. The van der Waals surface area contributed by atoms with Crippen LogP contribution in [0, 0.1) is 0 Å². The second kappa shape index (κ2) is 8.88. The zero-order valence-corrected chi connectivity index (χ0v) is 14.4. The zero-order valence-electron chi connectivity index (χ0n) is 14.4. The van der Waals surface area contributed by atoms with Gasteiger partial charge in [0.25, 0.3) is 11.8 Å². The standard InChI is InChI=1S/C14H21N5O6/c1-14(2,3)24-12(22)7-4-9(17-18-15)8-16-13(23)25-19-10(20)5-6-11(19)21/h9H,4-8H2,1-3H3,(H,16,23). The van der Waals surface area contributed by atoms with E-state index in [-0.39, 0.29) is 32.2 Å². The number of rotatable bonds is 7. The Kier molecular flexibility index (Phi) is 7.19. The van der Waals surface area contributed by atoms with Gasteiger partial charge in [-0.15, -0.1) is 5.06 Å². The first kappa shape index (κ1) is 20.2. The van der Waals surface area contributed by atoms with Crippen molar-refractivity contribution in [2.24, 2.45) is 5.11 Å². The Morgan fingerprint density at radius 2 is 1.92 bits per heavy atom. The van der Waals surface area contributed by atoms with Crippen molar-refractivity contribution in [3.05, 3.63) is 10.4 Å². The fourth-order valence-electron chi connectivity index (χ4n) is 1.92. The molecule has 0 aromatic carbocycles. The first-order chi connectivity index (χ1) is 11.6. The predicted octanol–water partition coefficient (Wildman–Crippen LogP) is 1.58. The molecule has 1 unspecified atom stereocenters. The van der Waals surface area contributed by atoms with Crippen LogP contribution in [0.25, 0.3) is 10.4 Å². The van der Waals surface area contributed by atoms with Gasteiger partial charge in [-0.25, -0.2) is 4.79 Å². The van der Waals surface area contributed by atoms with E-state index in [1.165, 1.54) is 0 Å². The molecule has 1 aliphatic heterocycles. The molecule has 1 atom stereocenters. The minimum atomic E-state index is -1.03. The molecule has 0 aromatic rings. The summed E-state index contributed by atoms with van der Waals surface area (Å²) >= 11 is 0. The highest BCUT2D eigenvalue weighted by Crippen LogP contribution is 2.13. The molecule has 1 heterocycles. The predicted molar refractivity (Wildman–Crippen MR) is 83.6 cm³/mol. The Bertz CT molecular complexity index is 577. The molecule has 0 radical (unpaired) electrons. The molecule has 11 heteroatoms. The van der Waals surface area contributed by atoms with Crippen molar-refractivity contribution in [1.29, 1.82) is 0 Å². The van der Waals surface area contributed by atoms with Crippen LogP contribution in [0.5, 0.6) is 0 Å². The minimum absolute atomic E-state index is 0.000775. The Morgan fingerprint density at radius 3 is 2.44 bits per heavy atom. The molecule has 0 saturated carbocycles. The molecule has 0 aromatic heterocycles. The summed E-state index contributed by atoms with van der Waals surface area (Å²) in [7, 11) is 0. The van der Waals surface area contributed by atoms with Crippen molar-refractivity contribution in [2.45, 2.75) is 58.1 Å². The average molecular weight is 355 g/mol. The van der Waals surface area contributed by atoms with E-state index >= 15 is 0 Å². The number of amides is 3. The molecule has 1 aliphatic rings. The number of carbonyl (C=O) groups is 4. The van der Waals surface area contributed by atoms with Crippen molar-refractivity contribution >= 4 is 23.9 Å². The quantitative estimate of drug-likeness (QED) is 0.241. The van der Waals surface area contributed by atoms with E-state index < -0.39 is 35.5 Å². The number of nitrogens with zero attached hydrogens (tertiary/aromatic N) is 4. The van der Waals surface area contributed by atoms with E-state index in [0.29, 0.717) is 5.06 Å². The summed E-state index contributed by atoms with van der Waals surface area (Å²) in [4.78, 5) is 53.2. The third-order valence-electron chi connectivity index (χ3n) is 2.98. The molecule has 25 heavy (non-hydrogen) atoms. The van der Waals surface area contributed by atoms with Gasteiger partial charge in [-0.1, -0.05) is 5.11 Å². The molecule has 1 fully saturated rings. The Labute approximate surface area is 144 Å². The van der Waals surface area contributed by atoms with Crippen LogP contribution in [0.15, 0.2) is 5.11 Å². The second-order valence-electron chi connectivity index (χ2n) is 6.33. The highest BCUT2D eigenvalue weighted by Gasteiger charge is 2.33. The van der Waals surface area contributed by atoms with Crippen molar-refractivity contribution in [3.63, 3.8) is 0 Å². The van der Waals surface area contributed by atoms with Crippen LogP contribution in [0.1, 0.15) is 46.5 Å². The van der Waals surface area contributed by atoms with E-state index in [9.17, 15) is 19.2 Å². The van der Waals surface area contributed by atoms with Crippen molar-refractivity contribution < 1.29 is 28.8 Å². The van der Waals surface area contributed by atoms with Gasteiger partial charge in [0, 0.05) is 30.7 Å². The van der Waals surface area contributed by atoms with Crippen molar-refractivity contribution in [3.8, 4) is 0 Å². The highest BCUT2D eigenvalue weighted by atomic mass is 16.7. The SMILES string of the molecule is CC(C)(C)OC(=O)CCC(CNC(=O)ON1C(=O)CCC1=O)N=[N+]=[N-]. The lowest BCUT2D eigenvalue weighted by Gasteiger charge is -2.20. The number of imide groups is 1. The van der Waals surface area contributed by atoms with Crippen LogP contribution in [0.2, 0.25) is 0 Å². The van der Waals surface area contributed by atoms with Crippen molar-refractivity contribution in [1.82, 2.24) is 10.4 Å². The first-order valence-corrected chi connectivity index (χ1v) is 7.70. The van der Waals surface area contributed by atoms with E-state index in [4.69, 9.17) is 10.3 Å². The van der Waals surface area contributed by atoms with Gasteiger partial charge in [-0.3, -0.25) is 14.4 Å². The lowest BCUT2D eigenvalue weighted by Crippen LogP contribution is -2.39. The van der Waals surface area contributed by atoms with Crippen LogP contribution in [-0.2, 0) is 24.0 Å². The number of carbonyl (C=O) groups excluding carboxylic acids is 4. The maximum atomic E-state index is 11.7. The van der Waals surface area contributed by atoms with Gasteiger partial charge < -0.3 is 14.9 Å². The van der Waals surface area contributed by atoms with E-state index in [1.807, 2.05) is 0 Å². The summed E-state index contributed by atoms with van der Waals surface area (Å²) in [6, 6.07) is -0.713. The van der Waals surface area contributed by atoms with Gasteiger partial charge in [0.05, 0.1) is 6.04 Å². The van der Waals surface area contributed by atoms with E-state index in [1.54, 1.807) is 20.8 Å². The van der Waals surface area contributed by atoms with E-state index in [0.717, 1.165) is 0 Å².